The van der Waals surface area contributed by atoms with Crippen LogP contribution in [-0.4, -0.2) is 43.8 Å². The summed E-state index contributed by atoms with van der Waals surface area (Å²) in [6.07, 6.45) is 1.82. The summed E-state index contributed by atoms with van der Waals surface area (Å²) >= 11 is 0. The van der Waals surface area contributed by atoms with Crippen LogP contribution in [-0.2, 0) is 10.0 Å². The van der Waals surface area contributed by atoms with E-state index in [-0.39, 0.29) is 30.5 Å². The van der Waals surface area contributed by atoms with E-state index in [9.17, 15) is 13.2 Å². The topological polar surface area (TPSA) is 87.8 Å². The van der Waals surface area contributed by atoms with E-state index in [1.807, 2.05) is 0 Å². The van der Waals surface area contributed by atoms with Crippen LogP contribution in [0.25, 0.3) is 0 Å². The largest absolute Gasteiger partial charge is 0.440 e. The fraction of sp³-hybridized carbons (Fsp3) is 0.300. The third kappa shape index (κ3) is 3.02. The molecule has 0 aliphatic heterocycles. The number of aliphatic hydroxyl groups is 1. The van der Waals surface area contributed by atoms with Gasteiger partial charge in [-0.1, -0.05) is 6.08 Å². The Morgan fingerprint density at radius 3 is 2.65 bits per heavy atom. The van der Waals surface area contributed by atoms with Crippen LogP contribution in [0, 0.1) is 0 Å². The zero-order valence-corrected chi connectivity index (χ0v) is 9.89. The summed E-state index contributed by atoms with van der Waals surface area (Å²) in [5.41, 5.74) is 0. The lowest BCUT2D eigenvalue weighted by atomic mass is 10.5. The molecule has 0 fully saturated rings. The maximum atomic E-state index is 12.0. The summed E-state index contributed by atoms with van der Waals surface area (Å²) in [6, 6.07) is 2.47. The molecule has 1 aromatic rings. The molecule has 0 unspecified atom stereocenters. The van der Waals surface area contributed by atoms with Crippen LogP contribution in [0.5, 0.6) is 0 Å². The van der Waals surface area contributed by atoms with Gasteiger partial charge in [-0.2, -0.15) is 4.31 Å². The number of aldehydes is 1. The smallest absolute Gasteiger partial charge is 0.276 e. The Bertz CT molecular complexity index is 491. The second kappa shape index (κ2) is 5.76. The van der Waals surface area contributed by atoms with Gasteiger partial charge in [0, 0.05) is 13.1 Å². The van der Waals surface area contributed by atoms with E-state index in [1.165, 1.54) is 18.2 Å². The molecule has 0 spiro atoms. The Kier molecular flexibility index (Phi) is 4.62. The Balaban J connectivity index is 3.05. The molecule has 0 aliphatic rings. The minimum absolute atomic E-state index is 0.0556. The fourth-order valence-corrected chi connectivity index (χ4v) is 2.55. The van der Waals surface area contributed by atoms with Crippen molar-refractivity contribution >= 4 is 16.3 Å². The minimum atomic E-state index is -3.84. The van der Waals surface area contributed by atoms with Gasteiger partial charge in [-0.15, -0.1) is 6.58 Å². The fourth-order valence-electron chi connectivity index (χ4n) is 1.23. The number of aliphatic hydroxyl groups excluding tert-OH is 1. The summed E-state index contributed by atoms with van der Waals surface area (Å²) in [5, 5.41) is 8.47. The van der Waals surface area contributed by atoms with Crippen molar-refractivity contribution in [1.82, 2.24) is 4.31 Å². The van der Waals surface area contributed by atoms with Crippen molar-refractivity contribution in [1.29, 1.82) is 0 Å². The third-order valence-corrected chi connectivity index (χ3v) is 3.73. The maximum Gasteiger partial charge on any atom is 0.276 e. The highest BCUT2D eigenvalue weighted by atomic mass is 32.2. The van der Waals surface area contributed by atoms with E-state index in [0.29, 0.717) is 6.29 Å². The first-order valence-electron chi connectivity index (χ1n) is 4.83. The van der Waals surface area contributed by atoms with Crippen molar-refractivity contribution < 1.29 is 22.7 Å². The molecule has 17 heavy (non-hydrogen) atoms. The summed E-state index contributed by atoms with van der Waals surface area (Å²) in [4.78, 5) is 10.4. The molecule has 0 aliphatic carbocycles. The lowest BCUT2D eigenvalue weighted by Gasteiger charge is -2.17. The quantitative estimate of drug-likeness (QED) is 0.560. The zero-order chi connectivity index (χ0) is 12.9. The molecule has 1 heterocycles. The number of carbonyl (C=O) groups is 1. The molecular formula is C10H13NO5S. The first kappa shape index (κ1) is 13.6. The Labute approximate surface area is 99.2 Å². The molecule has 7 heteroatoms. The number of sulfonamides is 1. The zero-order valence-electron chi connectivity index (χ0n) is 9.07. The number of rotatable bonds is 7. The highest BCUT2D eigenvalue weighted by Gasteiger charge is 2.26. The van der Waals surface area contributed by atoms with E-state index in [1.54, 1.807) is 0 Å². The molecule has 1 N–H and O–H groups in total. The van der Waals surface area contributed by atoms with Gasteiger partial charge in [-0.25, -0.2) is 8.42 Å². The van der Waals surface area contributed by atoms with E-state index >= 15 is 0 Å². The monoisotopic (exact) mass is 259 g/mol. The summed E-state index contributed by atoms with van der Waals surface area (Å²) < 4.78 is 29.9. The number of hydrogen-bond acceptors (Lipinski definition) is 5. The number of nitrogens with zero attached hydrogens (tertiary/aromatic N) is 1. The molecule has 0 aromatic carbocycles. The van der Waals surface area contributed by atoms with Gasteiger partial charge in [-0.3, -0.25) is 4.79 Å². The van der Waals surface area contributed by atoms with Crippen molar-refractivity contribution in [3.8, 4) is 0 Å². The molecule has 0 bridgehead atoms. The molecule has 6 nitrogen and oxygen atoms in total. The molecule has 0 saturated carbocycles. The van der Waals surface area contributed by atoms with Crippen molar-refractivity contribution in [2.24, 2.45) is 0 Å². The first-order valence-corrected chi connectivity index (χ1v) is 6.27. The second-order valence-corrected chi connectivity index (χ2v) is 5.02. The molecule has 0 saturated heterocycles. The van der Waals surface area contributed by atoms with Gasteiger partial charge in [0.1, 0.15) is 0 Å². The number of carbonyl (C=O) groups excluding carboxylic acids is 1. The molecule has 0 radical (unpaired) electrons. The lowest BCUT2D eigenvalue weighted by Crippen LogP contribution is -2.33. The van der Waals surface area contributed by atoms with Gasteiger partial charge in [0.05, 0.1) is 6.61 Å². The molecule has 94 valence electrons. The van der Waals surface area contributed by atoms with Gasteiger partial charge < -0.3 is 9.52 Å². The highest BCUT2D eigenvalue weighted by Crippen LogP contribution is 2.17. The average molecular weight is 259 g/mol. The normalized spacial score (nSPS) is 11.6. The van der Waals surface area contributed by atoms with Crippen LogP contribution in [0.1, 0.15) is 10.6 Å². The standard InChI is InChI=1S/C10H13NO5S/c1-2-5-11(6-7-12)17(14,15)10-4-3-9(8-13)16-10/h2-4,8,12H,1,5-7H2. The number of furan rings is 1. The van der Waals surface area contributed by atoms with Crippen LogP contribution >= 0.6 is 0 Å². The van der Waals surface area contributed by atoms with Crippen LogP contribution < -0.4 is 0 Å². The SMILES string of the molecule is C=CCN(CCO)S(=O)(=O)c1ccc(C=O)o1. The van der Waals surface area contributed by atoms with Crippen molar-refractivity contribution in [2.75, 3.05) is 19.7 Å². The molecule has 0 amide bonds. The van der Waals surface area contributed by atoms with Crippen LogP contribution in [0.15, 0.2) is 34.3 Å². The maximum absolute atomic E-state index is 12.0. The third-order valence-electron chi connectivity index (χ3n) is 1.99. The van der Waals surface area contributed by atoms with Crippen molar-refractivity contribution in [3.05, 3.63) is 30.5 Å². The second-order valence-electron chi connectivity index (χ2n) is 3.15. The summed E-state index contributed by atoms with van der Waals surface area (Å²) in [7, 11) is -3.84. The predicted molar refractivity (Wildman–Crippen MR) is 60.1 cm³/mol. The minimum Gasteiger partial charge on any atom is -0.440 e. The van der Waals surface area contributed by atoms with Crippen LogP contribution in [0.4, 0.5) is 0 Å². The molecule has 1 aromatic heterocycles. The first-order chi connectivity index (χ1) is 8.06. The van der Waals surface area contributed by atoms with E-state index in [4.69, 9.17) is 9.52 Å². The molecule has 0 atom stereocenters. The van der Waals surface area contributed by atoms with Crippen LogP contribution in [0.2, 0.25) is 0 Å². The lowest BCUT2D eigenvalue weighted by molar-refractivity contribution is 0.109. The van der Waals surface area contributed by atoms with Crippen molar-refractivity contribution in [2.45, 2.75) is 5.09 Å². The predicted octanol–water partition coefficient (Wildman–Crippen LogP) is 0.261. The summed E-state index contributed by atoms with van der Waals surface area (Å²) in [5.74, 6) is -0.0638. The van der Waals surface area contributed by atoms with Gasteiger partial charge in [-0.05, 0) is 12.1 Å². The molecule has 1 rings (SSSR count). The van der Waals surface area contributed by atoms with Crippen molar-refractivity contribution in [3.63, 3.8) is 0 Å². The molecular weight excluding hydrogens is 246 g/mol. The van der Waals surface area contributed by atoms with Gasteiger partial charge in [0.15, 0.2) is 12.0 Å². The summed E-state index contributed by atoms with van der Waals surface area (Å²) in [6.45, 7) is 3.12. The number of hydrogen-bond donors (Lipinski definition) is 1. The Morgan fingerprint density at radius 2 is 2.18 bits per heavy atom. The van der Waals surface area contributed by atoms with Gasteiger partial charge >= 0.3 is 0 Å². The van der Waals surface area contributed by atoms with Gasteiger partial charge in [0.2, 0.25) is 5.09 Å². The Morgan fingerprint density at radius 1 is 1.47 bits per heavy atom. The highest BCUT2D eigenvalue weighted by molar-refractivity contribution is 7.89. The van der Waals surface area contributed by atoms with E-state index < -0.39 is 10.0 Å². The van der Waals surface area contributed by atoms with E-state index in [2.05, 4.69) is 6.58 Å². The van der Waals surface area contributed by atoms with Gasteiger partial charge in [0.25, 0.3) is 10.0 Å². The van der Waals surface area contributed by atoms with Crippen LogP contribution in [0.3, 0.4) is 0 Å². The Hall–Kier alpha value is -1.44. The van der Waals surface area contributed by atoms with E-state index in [0.717, 1.165) is 4.31 Å². The average Bonchev–Trinajstić information content (AvgIpc) is 2.78.